The van der Waals surface area contributed by atoms with Crippen LogP contribution in [0.15, 0.2) is 18.2 Å². The number of nitro benzene ring substituents is 1. The first-order valence-corrected chi connectivity index (χ1v) is 8.01. The third kappa shape index (κ3) is 3.44. The largest absolute Gasteiger partial charge is 0.394 e. The van der Waals surface area contributed by atoms with E-state index < -0.39 is 10.5 Å². The zero-order valence-electron chi connectivity index (χ0n) is 12.9. The number of benzene rings is 1. The number of nitrogens with zero attached hydrogens (tertiary/aromatic N) is 1. The van der Waals surface area contributed by atoms with Gasteiger partial charge in [0.2, 0.25) is 0 Å². The van der Waals surface area contributed by atoms with Gasteiger partial charge in [0.1, 0.15) is 5.69 Å². The van der Waals surface area contributed by atoms with Gasteiger partial charge in [-0.2, -0.15) is 0 Å². The van der Waals surface area contributed by atoms with Crippen molar-refractivity contribution in [1.82, 2.24) is 5.32 Å². The molecular weight excluding hydrogens is 298 g/mol. The van der Waals surface area contributed by atoms with E-state index in [2.05, 4.69) is 10.6 Å². The Labute approximate surface area is 134 Å². The molecule has 3 N–H and O–H groups in total. The molecule has 7 nitrogen and oxygen atoms in total. The van der Waals surface area contributed by atoms with Crippen molar-refractivity contribution in [3.63, 3.8) is 0 Å². The number of amides is 1. The molecule has 3 rings (SSSR count). The minimum atomic E-state index is -0.587. The van der Waals surface area contributed by atoms with Gasteiger partial charge in [-0.25, -0.2) is 0 Å². The maximum absolute atomic E-state index is 12.4. The molecule has 23 heavy (non-hydrogen) atoms. The van der Waals surface area contributed by atoms with Crippen LogP contribution in [0.2, 0.25) is 0 Å². The van der Waals surface area contributed by atoms with Crippen LogP contribution in [-0.4, -0.2) is 34.1 Å². The van der Waals surface area contributed by atoms with E-state index in [1.54, 1.807) is 12.1 Å². The molecule has 0 heterocycles. The summed E-state index contributed by atoms with van der Waals surface area (Å²) in [6.07, 6.45) is 5.42. The first kappa shape index (κ1) is 15.7. The van der Waals surface area contributed by atoms with Crippen LogP contribution in [0, 0.1) is 10.1 Å². The predicted molar refractivity (Wildman–Crippen MR) is 85.5 cm³/mol. The predicted octanol–water partition coefficient (Wildman–Crippen LogP) is 2.20. The number of aliphatic hydroxyl groups is 1. The molecule has 0 spiro atoms. The van der Waals surface area contributed by atoms with Gasteiger partial charge in [-0.05, 0) is 37.8 Å². The number of nitro groups is 1. The van der Waals surface area contributed by atoms with Gasteiger partial charge in [-0.1, -0.05) is 12.8 Å². The molecule has 7 heteroatoms. The topological polar surface area (TPSA) is 104 Å². The number of carbonyl (C=O) groups excluding carboxylic acids is 1. The fourth-order valence-electron chi connectivity index (χ4n) is 3.08. The number of nitrogens with one attached hydrogen (secondary N) is 2. The molecule has 1 aromatic rings. The van der Waals surface area contributed by atoms with Crippen molar-refractivity contribution in [1.29, 1.82) is 0 Å². The number of hydrogen-bond donors (Lipinski definition) is 3. The summed E-state index contributed by atoms with van der Waals surface area (Å²) < 4.78 is 0. The second kappa shape index (κ2) is 6.16. The summed E-state index contributed by atoms with van der Waals surface area (Å²) in [6, 6.07) is 4.78. The van der Waals surface area contributed by atoms with Gasteiger partial charge >= 0.3 is 0 Å². The van der Waals surface area contributed by atoms with Gasteiger partial charge in [0.05, 0.1) is 17.1 Å². The molecule has 124 valence electrons. The van der Waals surface area contributed by atoms with Crippen LogP contribution >= 0.6 is 0 Å². The van der Waals surface area contributed by atoms with Crippen molar-refractivity contribution < 1.29 is 14.8 Å². The number of anilines is 1. The summed E-state index contributed by atoms with van der Waals surface area (Å²) in [5.41, 5.74) is 0.0233. The highest BCUT2D eigenvalue weighted by molar-refractivity contribution is 5.96. The average molecular weight is 319 g/mol. The van der Waals surface area contributed by atoms with E-state index in [9.17, 15) is 20.0 Å². The van der Waals surface area contributed by atoms with Gasteiger partial charge < -0.3 is 15.7 Å². The highest BCUT2D eigenvalue weighted by Crippen LogP contribution is 2.33. The Morgan fingerprint density at radius 3 is 2.61 bits per heavy atom. The number of carbonyl (C=O) groups is 1. The second-order valence-electron chi connectivity index (χ2n) is 6.51. The summed E-state index contributed by atoms with van der Waals surface area (Å²) >= 11 is 0. The molecule has 2 aliphatic carbocycles. The molecule has 1 aromatic carbocycles. The third-order valence-corrected chi connectivity index (χ3v) is 4.64. The molecule has 0 aliphatic heterocycles. The van der Waals surface area contributed by atoms with Crippen molar-refractivity contribution in [2.24, 2.45) is 0 Å². The SMILES string of the molecule is O=C(NC1(CO)CCCC1)c1ccc(NC2CC2)c([N+](=O)[O-])c1. The van der Waals surface area contributed by atoms with E-state index >= 15 is 0 Å². The lowest BCUT2D eigenvalue weighted by atomic mass is 9.98. The minimum Gasteiger partial charge on any atom is -0.394 e. The Bertz CT molecular complexity index is 622. The first-order chi connectivity index (χ1) is 11.0. The molecule has 0 saturated heterocycles. The molecule has 0 unspecified atom stereocenters. The molecular formula is C16H21N3O4. The molecule has 1 amide bonds. The molecule has 2 fully saturated rings. The van der Waals surface area contributed by atoms with Gasteiger partial charge in [0.25, 0.3) is 11.6 Å². The van der Waals surface area contributed by atoms with E-state index in [-0.39, 0.29) is 23.8 Å². The van der Waals surface area contributed by atoms with Crippen molar-refractivity contribution in [3.8, 4) is 0 Å². The van der Waals surface area contributed by atoms with E-state index in [0.29, 0.717) is 11.7 Å². The fraction of sp³-hybridized carbons (Fsp3) is 0.562. The Kier molecular flexibility index (Phi) is 4.21. The molecule has 0 atom stereocenters. The number of rotatable bonds is 6. The number of hydrogen-bond acceptors (Lipinski definition) is 5. The molecule has 0 radical (unpaired) electrons. The lowest BCUT2D eigenvalue weighted by Gasteiger charge is -2.28. The van der Waals surface area contributed by atoms with Crippen molar-refractivity contribution in [3.05, 3.63) is 33.9 Å². The van der Waals surface area contributed by atoms with Crippen LogP contribution in [0.5, 0.6) is 0 Å². The van der Waals surface area contributed by atoms with Crippen LogP contribution in [0.25, 0.3) is 0 Å². The van der Waals surface area contributed by atoms with E-state index in [1.807, 2.05) is 0 Å². The van der Waals surface area contributed by atoms with E-state index in [0.717, 1.165) is 38.5 Å². The zero-order chi connectivity index (χ0) is 16.4. The molecule has 2 aliphatic rings. The van der Waals surface area contributed by atoms with Crippen LogP contribution in [0.3, 0.4) is 0 Å². The fourth-order valence-corrected chi connectivity index (χ4v) is 3.08. The van der Waals surface area contributed by atoms with Crippen molar-refractivity contribution in [2.75, 3.05) is 11.9 Å². The van der Waals surface area contributed by atoms with Crippen LogP contribution < -0.4 is 10.6 Å². The minimum absolute atomic E-state index is 0.0889. The van der Waals surface area contributed by atoms with Gasteiger partial charge in [-0.3, -0.25) is 14.9 Å². The van der Waals surface area contributed by atoms with Crippen molar-refractivity contribution >= 4 is 17.3 Å². The highest BCUT2D eigenvalue weighted by atomic mass is 16.6. The second-order valence-corrected chi connectivity index (χ2v) is 6.51. The Hall–Kier alpha value is -2.15. The monoisotopic (exact) mass is 319 g/mol. The Morgan fingerprint density at radius 1 is 1.35 bits per heavy atom. The van der Waals surface area contributed by atoms with Crippen LogP contribution in [-0.2, 0) is 0 Å². The normalized spacial score (nSPS) is 19.3. The molecule has 2 saturated carbocycles. The summed E-state index contributed by atoms with van der Waals surface area (Å²) in [6.45, 7) is -0.109. The van der Waals surface area contributed by atoms with E-state index in [1.165, 1.54) is 6.07 Å². The smallest absolute Gasteiger partial charge is 0.293 e. The lowest BCUT2D eigenvalue weighted by molar-refractivity contribution is -0.384. The highest BCUT2D eigenvalue weighted by Gasteiger charge is 2.35. The van der Waals surface area contributed by atoms with Crippen molar-refractivity contribution in [2.45, 2.75) is 50.1 Å². The average Bonchev–Trinajstić information content (AvgIpc) is 3.23. The van der Waals surface area contributed by atoms with Crippen LogP contribution in [0.4, 0.5) is 11.4 Å². The maximum Gasteiger partial charge on any atom is 0.293 e. The molecule has 0 aromatic heterocycles. The van der Waals surface area contributed by atoms with Crippen LogP contribution in [0.1, 0.15) is 48.9 Å². The number of aliphatic hydroxyl groups excluding tert-OH is 1. The molecule has 0 bridgehead atoms. The maximum atomic E-state index is 12.4. The summed E-state index contributed by atoms with van der Waals surface area (Å²) in [5, 5.41) is 26.8. The zero-order valence-corrected chi connectivity index (χ0v) is 12.9. The summed E-state index contributed by atoms with van der Waals surface area (Å²) in [4.78, 5) is 23.2. The van der Waals surface area contributed by atoms with Gasteiger partial charge in [0, 0.05) is 17.7 Å². The lowest BCUT2D eigenvalue weighted by Crippen LogP contribution is -2.49. The van der Waals surface area contributed by atoms with E-state index in [4.69, 9.17) is 0 Å². The van der Waals surface area contributed by atoms with Gasteiger partial charge in [0.15, 0.2) is 0 Å². The summed E-state index contributed by atoms with van der Waals surface area (Å²) in [5.74, 6) is -0.373. The van der Waals surface area contributed by atoms with Gasteiger partial charge in [-0.15, -0.1) is 0 Å². The Morgan fingerprint density at radius 2 is 2.04 bits per heavy atom. The third-order valence-electron chi connectivity index (χ3n) is 4.64. The quantitative estimate of drug-likeness (QED) is 0.551. The standard InChI is InChI=1S/C16H21N3O4/c20-10-16(7-1-2-8-16)18-15(21)11-3-6-13(17-12-4-5-12)14(9-11)19(22)23/h3,6,9,12,17,20H,1-2,4-5,7-8,10H2,(H,18,21). The first-order valence-electron chi connectivity index (χ1n) is 8.01. The summed E-state index contributed by atoms with van der Waals surface area (Å²) in [7, 11) is 0. The Balaban J connectivity index is 1.79.